The van der Waals surface area contributed by atoms with Gasteiger partial charge in [0.25, 0.3) is 0 Å². The van der Waals surface area contributed by atoms with Crippen LogP contribution in [-0.4, -0.2) is 5.88 Å². The van der Waals surface area contributed by atoms with Gasteiger partial charge in [-0.25, -0.2) is 0 Å². The lowest BCUT2D eigenvalue weighted by atomic mass is 9.96. The van der Waals surface area contributed by atoms with Crippen molar-refractivity contribution >= 4 is 22.9 Å². The van der Waals surface area contributed by atoms with Crippen LogP contribution in [0.5, 0.6) is 0 Å². The molecule has 1 aromatic heterocycles. The molecule has 1 heterocycles. The van der Waals surface area contributed by atoms with Crippen LogP contribution in [0.15, 0.2) is 47.8 Å². The summed E-state index contributed by atoms with van der Waals surface area (Å²) in [5.41, 5.74) is 1.39. The molecule has 1 unspecified atom stereocenters. The zero-order valence-electron chi connectivity index (χ0n) is 9.81. The summed E-state index contributed by atoms with van der Waals surface area (Å²) in [6.45, 7) is 0. The first kappa shape index (κ1) is 12.7. The van der Waals surface area contributed by atoms with Crippen molar-refractivity contribution in [3.63, 3.8) is 0 Å². The van der Waals surface area contributed by atoms with Crippen LogP contribution in [0.2, 0.25) is 0 Å². The van der Waals surface area contributed by atoms with E-state index in [1.807, 2.05) is 11.3 Å². The molecule has 90 valence electrons. The second kappa shape index (κ2) is 6.83. The fourth-order valence-corrected chi connectivity index (χ4v) is 2.97. The standard InChI is InChI=1S/C15H17ClS/c16-12-14(8-9-15-7-4-10-17-15)11-13-5-2-1-3-6-13/h1-7,10,14H,8-9,11-12H2. The molecule has 2 aromatic rings. The Hall–Kier alpha value is -0.790. The van der Waals surface area contributed by atoms with Crippen molar-refractivity contribution in [2.24, 2.45) is 5.92 Å². The Labute approximate surface area is 112 Å². The van der Waals surface area contributed by atoms with Crippen molar-refractivity contribution in [3.8, 4) is 0 Å². The van der Waals surface area contributed by atoms with Crippen molar-refractivity contribution in [3.05, 3.63) is 58.3 Å². The molecule has 2 heteroatoms. The van der Waals surface area contributed by atoms with Gasteiger partial charge in [0.15, 0.2) is 0 Å². The summed E-state index contributed by atoms with van der Waals surface area (Å²) >= 11 is 7.90. The minimum atomic E-state index is 0.584. The zero-order valence-corrected chi connectivity index (χ0v) is 11.4. The van der Waals surface area contributed by atoms with Crippen LogP contribution in [0.1, 0.15) is 16.9 Å². The van der Waals surface area contributed by atoms with E-state index in [0.717, 1.165) is 18.7 Å². The summed E-state index contributed by atoms with van der Waals surface area (Å²) in [5, 5.41) is 2.14. The fraction of sp³-hybridized carbons (Fsp3) is 0.333. The molecule has 0 saturated heterocycles. The Morgan fingerprint density at radius 1 is 1.06 bits per heavy atom. The van der Waals surface area contributed by atoms with Gasteiger partial charge in [0.2, 0.25) is 0 Å². The molecule has 0 aliphatic carbocycles. The van der Waals surface area contributed by atoms with Crippen molar-refractivity contribution in [2.45, 2.75) is 19.3 Å². The first-order chi connectivity index (χ1) is 8.38. The number of hydrogen-bond acceptors (Lipinski definition) is 1. The Morgan fingerprint density at radius 3 is 2.53 bits per heavy atom. The van der Waals surface area contributed by atoms with Gasteiger partial charge in [-0.05, 0) is 42.2 Å². The zero-order chi connectivity index (χ0) is 11.9. The molecule has 1 aromatic carbocycles. The van der Waals surface area contributed by atoms with Gasteiger partial charge in [-0.15, -0.1) is 22.9 Å². The predicted molar refractivity (Wildman–Crippen MR) is 77.0 cm³/mol. The fourth-order valence-electron chi connectivity index (χ4n) is 1.98. The van der Waals surface area contributed by atoms with E-state index in [1.54, 1.807) is 0 Å². The van der Waals surface area contributed by atoms with Gasteiger partial charge < -0.3 is 0 Å². The first-order valence-corrected chi connectivity index (χ1v) is 7.42. The summed E-state index contributed by atoms with van der Waals surface area (Å²) < 4.78 is 0. The topological polar surface area (TPSA) is 0 Å². The van der Waals surface area contributed by atoms with Crippen LogP contribution in [-0.2, 0) is 12.8 Å². The summed E-state index contributed by atoms with van der Waals surface area (Å²) in [6, 6.07) is 14.9. The van der Waals surface area contributed by atoms with E-state index in [9.17, 15) is 0 Å². The minimum absolute atomic E-state index is 0.584. The van der Waals surface area contributed by atoms with Crippen LogP contribution < -0.4 is 0 Å². The van der Waals surface area contributed by atoms with Crippen molar-refractivity contribution < 1.29 is 0 Å². The smallest absolute Gasteiger partial charge is 0.0255 e. The first-order valence-electron chi connectivity index (χ1n) is 6.00. The molecule has 2 rings (SSSR count). The minimum Gasteiger partial charge on any atom is -0.149 e. The molecule has 17 heavy (non-hydrogen) atoms. The average molecular weight is 265 g/mol. The molecule has 0 aliphatic heterocycles. The number of thiophene rings is 1. The van der Waals surface area contributed by atoms with Gasteiger partial charge in [0, 0.05) is 10.8 Å². The summed E-state index contributed by atoms with van der Waals surface area (Å²) in [4.78, 5) is 1.47. The Bertz CT molecular complexity index is 408. The van der Waals surface area contributed by atoms with Crippen LogP contribution in [0.4, 0.5) is 0 Å². The van der Waals surface area contributed by atoms with Crippen LogP contribution >= 0.6 is 22.9 Å². The monoisotopic (exact) mass is 264 g/mol. The SMILES string of the molecule is ClCC(CCc1cccs1)Cc1ccccc1. The molecule has 0 amide bonds. The molecule has 0 fully saturated rings. The number of rotatable bonds is 6. The molecule has 0 aliphatic rings. The van der Waals surface area contributed by atoms with Crippen LogP contribution in [0.3, 0.4) is 0 Å². The van der Waals surface area contributed by atoms with E-state index in [2.05, 4.69) is 47.8 Å². The Kier molecular flexibility index (Phi) is 5.08. The maximum absolute atomic E-state index is 6.06. The molecule has 0 N–H and O–H groups in total. The van der Waals surface area contributed by atoms with Gasteiger partial charge in [-0.3, -0.25) is 0 Å². The van der Waals surface area contributed by atoms with Crippen molar-refractivity contribution in [1.82, 2.24) is 0 Å². The number of aryl methyl sites for hydroxylation is 1. The second-order valence-electron chi connectivity index (χ2n) is 4.33. The molecule has 0 nitrogen and oxygen atoms in total. The van der Waals surface area contributed by atoms with E-state index in [4.69, 9.17) is 11.6 Å². The lowest BCUT2D eigenvalue weighted by Gasteiger charge is -2.13. The number of benzene rings is 1. The maximum Gasteiger partial charge on any atom is 0.0255 e. The number of hydrogen-bond donors (Lipinski definition) is 0. The van der Waals surface area contributed by atoms with Crippen molar-refractivity contribution in [1.29, 1.82) is 0 Å². The van der Waals surface area contributed by atoms with E-state index in [-0.39, 0.29) is 0 Å². The number of halogens is 1. The normalized spacial score (nSPS) is 12.5. The molecular weight excluding hydrogens is 248 g/mol. The molecule has 0 spiro atoms. The lowest BCUT2D eigenvalue weighted by Crippen LogP contribution is -2.07. The summed E-state index contributed by atoms with van der Waals surface area (Å²) in [6.07, 6.45) is 3.43. The summed E-state index contributed by atoms with van der Waals surface area (Å²) in [5.74, 6) is 1.33. The predicted octanol–water partition coefficient (Wildman–Crippen LogP) is 4.78. The third-order valence-electron chi connectivity index (χ3n) is 2.96. The summed E-state index contributed by atoms with van der Waals surface area (Å²) in [7, 11) is 0. The largest absolute Gasteiger partial charge is 0.149 e. The average Bonchev–Trinajstić information content (AvgIpc) is 2.89. The molecule has 0 saturated carbocycles. The Morgan fingerprint density at radius 2 is 1.88 bits per heavy atom. The van der Waals surface area contributed by atoms with Gasteiger partial charge in [-0.2, -0.15) is 0 Å². The molecular formula is C15H17ClS. The maximum atomic E-state index is 6.06. The highest BCUT2D eigenvalue weighted by Gasteiger charge is 2.09. The number of alkyl halides is 1. The second-order valence-corrected chi connectivity index (χ2v) is 5.67. The van der Waals surface area contributed by atoms with Gasteiger partial charge >= 0.3 is 0 Å². The lowest BCUT2D eigenvalue weighted by molar-refractivity contribution is 0.539. The highest BCUT2D eigenvalue weighted by Crippen LogP contribution is 2.19. The highest BCUT2D eigenvalue weighted by molar-refractivity contribution is 7.09. The van der Waals surface area contributed by atoms with Crippen LogP contribution in [0.25, 0.3) is 0 Å². The quantitative estimate of drug-likeness (QED) is 0.659. The van der Waals surface area contributed by atoms with Gasteiger partial charge in [0.1, 0.15) is 0 Å². The van der Waals surface area contributed by atoms with E-state index >= 15 is 0 Å². The van der Waals surface area contributed by atoms with Crippen molar-refractivity contribution in [2.75, 3.05) is 5.88 Å². The molecule has 1 atom stereocenters. The highest BCUT2D eigenvalue weighted by atomic mass is 35.5. The molecule has 0 radical (unpaired) electrons. The third-order valence-corrected chi connectivity index (χ3v) is 4.34. The Balaban J connectivity index is 1.85. The van der Waals surface area contributed by atoms with E-state index in [1.165, 1.54) is 16.9 Å². The van der Waals surface area contributed by atoms with Gasteiger partial charge in [-0.1, -0.05) is 36.4 Å². The van der Waals surface area contributed by atoms with Crippen LogP contribution in [0, 0.1) is 5.92 Å². The van der Waals surface area contributed by atoms with E-state index in [0.29, 0.717) is 5.92 Å². The molecule has 0 bridgehead atoms. The third kappa shape index (κ3) is 4.18. The van der Waals surface area contributed by atoms with Gasteiger partial charge in [0.05, 0.1) is 0 Å². The van der Waals surface area contributed by atoms with E-state index < -0.39 is 0 Å².